The molecule has 16 nitrogen and oxygen atoms in total. The number of phosphoric acid groups is 1. The van der Waals surface area contributed by atoms with Crippen molar-refractivity contribution < 1.29 is 44.0 Å². The van der Waals surface area contributed by atoms with Crippen molar-refractivity contribution in [1.82, 2.24) is 24.4 Å². The van der Waals surface area contributed by atoms with Crippen molar-refractivity contribution in [2.45, 2.75) is 70.0 Å². The van der Waals surface area contributed by atoms with Crippen molar-refractivity contribution >= 4 is 57.3 Å². The van der Waals surface area contributed by atoms with E-state index in [2.05, 4.69) is 45.9 Å². The maximum absolute atomic E-state index is 13.2. The lowest BCUT2D eigenvalue weighted by molar-refractivity contribution is -0.0767. The number of hydrogen-bond donors (Lipinski definition) is 8. The summed E-state index contributed by atoms with van der Waals surface area (Å²) < 4.78 is 23.4. The van der Waals surface area contributed by atoms with E-state index in [1.165, 1.54) is 30.5 Å². The van der Waals surface area contributed by atoms with E-state index in [0.717, 1.165) is 32.3 Å². The van der Waals surface area contributed by atoms with Crippen LogP contribution in [0.3, 0.4) is 0 Å². The Balaban J connectivity index is 0.000000568. The minimum absolute atomic E-state index is 0.0475. The van der Waals surface area contributed by atoms with Crippen LogP contribution in [0.25, 0.3) is 43.5 Å². The normalized spacial score (nSPS) is 24.7. The molecule has 1 fully saturated rings. The molecule has 53 heavy (non-hydrogen) atoms. The predicted molar refractivity (Wildman–Crippen MR) is 198 cm³/mol. The summed E-state index contributed by atoms with van der Waals surface area (Å²) in [6.07, 6.45) is -6.42. The van der Waals surface area contributed by atoms with Crippen LogP contribution in [0, 0.1) is 0 Å². The zero-order chi connectivity index (χ0) is 37.8. The van der Waals surface area contributed by atoms with Crippen molar-refractivity contribution in [2.75, 3.05) is 31.6 Å². The number of H-pyrrole nitrogens is 1. The van der Waals surface area contributed by atoms with Gasteiger partial charge >= 0.3 is 7.82 Å². The van der Waals surface area contributed by atoms with Crippen LogP contribution in [0.15, 0.2) is 59.7 Å². The van der Waals surface area contributed by atoms with E-state index < -0.39 is 62.8 Å². The fourth-order valence-corrected chi connectivity index (χ4v) is 8.26. The van der Waals surface area contributed by atoms with Gasteiger partial charge in [0.1, 0.15) is 36.7 Å². The Bertz CT molecular complexity index is 2340. The molecular weight excluding hydrogens is 707 g/mol. The van der Waals surface area contributed by atoms with Gasteiger partial charge in [0.15, 0.2) is 11.2 Å². The zero-order valence-electron chi connectivity index (χ0n) is 29.3. The average molecular weight is 751 g/mol. The number of anilines is 1. The van der Waals surface area contributed by atoms with Gasteiger partial charge in [0.05, 0.1) is 19.0 Å². The van der Waals surface area contributed by atoms with Gasteiger partial charge in [-0.25, -0.2) is 9.55 Å². The maximum atomic E-state index is 13.2. The molecule has 0 spiro atoms. The van der Waals surface area contributed by atoms with Crippen LogP contribution >= 0.6 is 7.82 Å². The second-order valence-corrected chi connectivity index (χ2v) is 14.5. The van der Waals surface area contributed by atoms with E-state index in [9.17, 15) is 39.6 Å². The molecule has 2 aromatic heterocycles. The quantitative estimate of drug-likeness (QED) is 0.0784. The maximum Gasteiger partial charge on any atom is 0.469 e. The summed E-state index contributed by atoms with van der Waals surface area (Å²) in [7, 11) is -4.89. The standard InChI is InChI=1S/C30H28N5O10P.C6H15N/c36-10-18-17(45-46(41,42)43)9-19(44-18)35-11-31-24-28(35)33-30(34-29(24)40)32-23-22-15-7-6-13-3-1-2-12-4-5-14(21(15)20(12)13)8-16(22)25(37)27(39)26(23)38;1-4-7(5-2)6-3/h1-8,11,17-19,23,25-27,36-39H,9-10H2,(H2,41,42,43)(H2,32,33,34,40);4-6H2,1-3H3/t17-,18-,19-,23+,25-,26+,27+;/m1./s1. The number of aromatic nitrogens is 4. The van der Waals surface area contributed by atoms with Gasteiger partial charge in [0.25, 0.3) is 5.56 Å². The first-order valence-electron chi connectivity index (χ1n) is 17.6. The van der Waals surface area contributed by atoms with E-state index >= 15 is 0 Å². The van der Waals surface area contributed by atoms with Crippen LogP contribution in [0.1, 0.15) is 56.7 Å². The van der Waals surface area contributed by atoms with Gasteiger partial charge in [-0.2, -0.15) is 4.98 Å². The smallest absolute Gasteiger partial charge is 0.394 e. The predicted octanol–water partition coefficient (Wildman–Crippen LogP) is 3.04. The van der Waals surface area contributed by atoms with E-state index in [0.29, 0.717) is 11.1 Å². The van der Waals surface area contributed by atoms with Crippen LogP contribution in [0.4, 0.5) is 5.95 Å². The summed E-state index contributed by atoms with van der Waals surface area (Å²) in [5.74, 6) is -0.0803. The van der Waals surface area contributed by atoms with Crippen molar-refractivity contribution in [3.05, 3.63) is 76.3 Å². The lowest BCUT2D eigenvalue weighted by Crippen LogP contribution is -2.44. The number of phosphoric ester groups is 1. The molecule has 3 heterocycles. The van der Waals surface area contributed by atoms with Crippen LogP contribution in [0.5, 0.6) is 0 Å². The number of fused-ring (bicyclic) bond motifs is 3. The Morgan fingerprint density at radius 3 is 2.32 bits per heavy atom. The van der Waals surface area contributed by atoms with Gasteiger partial charge in [-0.1, -0.05) is 63.2 Å². The van der Waals surface area contributed by atoms with Gasteiger partial charge < -0.3 is 45.2 Å². The summed E-state index contributed by atoms with van der Waals surface area (Å²) in [6, 6.07) is 14.6. The number of aliphatic hydroxyl groups is 4. The number of rotatable bonds is 9. The van der Waals surface area contributed by atoms with E-state index in [1.54, 1.807) is 6.07 Å². The lowest BCUT2D eigenvalue weighted by atomic mass is 9.77. The lowest BCUT2D eigenvalue weighted by Gasteiger charge is -2.38. The first-order valence-corrected chi connectivity index (χ1v) is 19.1. The van der Waals surface area contributed by atoms with E-state index in [-0.39, 0.29) is 23.5 Å². The molecule has 7 atom stereocenters. The average Bonchev–Trinajstić information content (AvgIpc) is 3.75. The van der Waals surface area contributed by atoms with Gasteiger partial charge in [-0.05, 0) is 69.1 Å². The Kier molecular flexibility index (Phi) is 10.3. The van der Waals surface area contributed by atoms with Crippen LogP contribution < -0.4 is 10.9 Å². The number of nitrogens with zero attached hydrogens (tertiary/aromatic N) is 4. The molecule has 17 heteroatoms. The van der Waals surface area contributed by atoms with Crippen molar-refractivity contribution in [3.8, 4) is 0 Å². The SMILES string of the molecule is CCN(CC)CC.O=c1[nH]c(N[C@H]2c3c(cc4ccc5cccc6ccc3c4c56)[C@@H](O)[C@H](O)[C@H]2O)nc2c1ncn2[C@H]1C[C@@H](OP(=O)(O)O)[C@@H](CO)O1. The van der Waals surface area contributed by atoms with Crippen LogP contribution in [0.2, 0.25) is 0 Å². The first-order chi connectivity index (χ1) is 25.4. The zero-order valence-corrected chi connectivity index (χ0v) is 30.2. The minimum atomic E-state index is -4.89. The van der Waals surface area contributed by atoms with E-state index in [1.807, 2.05) is 42.5 Å². The molecule has 0 amide bonds. The van der Waals surface area contributed by atoms with Crippen LogP contribution in [-0.2, 0) is 13.8 Å². The highest BCUT2D eigenvalue weighted by Crippen LogP contribution is 2.47. The highest BCUT2D eigenvalue weighted by atomic mass is 31.2. The van der Waals surface area contributed by atoms with Gasteiger partial charge in [-0.3, -0.25) is 18.9 Å². The molecule has 0 radical (unpaired) electrons. The summed E-state index contributed by atoms with van der Waals surface area (Å²) >= 11 is 0. The monoisotopic (exact) mass is 750 g/mol. The molecule has 282 valence electrons. The second-order valence-electron chi connectivity index (χ2n) is 13.3. The van der Waals surface area contributed by atoms with Crippen molar-refractivity contribution in [1.29, 1.82) is 0 Å². The number of imidazole rings is 1. The van der Waals surface area contributed by atoms with E-state index in [4.69, 9.17) is 9.26 Å². The van der Waals surface area contributed by atoms with Gasteiger partial charge in [0.2, 0.25) is 5.95 Å². The number of benzene rings is 4. The third-order valence-corrected chi connectivity index (χ3v) is 10.9. The summed E-state index contributed by atoms with van der Waals surface area (Å²) in [4.78, 5) is 45.4. The largest absolute Gasteiger partial charge is 0.469 e. The first kappa shape index (κ1) is 37.3. The van der Waals surface area contributed by atoms with Gasteiger partial charge in [0, 0.05) is 6.42 Å². The molecule has 2 aliphatic rings. The summed E-state index contributed by atoms with van der Waals surface area (Å²) in [6.45, 7) is 9.55. The highest BCUT2D eigenvalue weighted by molar-refractivity contribution is 7.46. The molecule has 6 aromatic rings. The molecule has 1 aliphatic carbocycles. The molecule has 0 unspecified atom stereocenters. The molecule has 1 saturated heterocycles. The summed E-state index contributed by atoms with van der Waals surface area (Å²) in [5.41, 5.74) is 0.311. The number of ether oxygens (including phenoxy) is 1. The fraction of sp³-hybridized carbons (Fsp3) is 0.417. The Hall–Kier alpha value is -4.06. The third kappa shape index (κ3) is 6.80. The second kappa shape index (κ2) is 14.6. The summed E-state index contributed by atoms with van der Waals surface area (Å²) in [5, 5.41) is 51.7. The van der Waals surface area contributed by atoms with Crippen molar-refractivity contribution in [3.63, 3.8) is 0 Å². The number of aromatic amines is 1. The fourth-order valence-electron chi connectivity index (χ4n) is 7.69. The minimum Gasteiger partial charge on any atom is -0.394 e. The molecule has 0 bridgehead atoms. The van der Waals surface area contributed by atoms with Crippen molar-refractivity contribution in [2.24, 2.45) is 0 Å². The molecular formula is C36H43N6O10P. The number of hydrogen-bond acceptors (Lipinski definition) is 12. The molecule has 1 aliphatic heterocycles. The number of nitrogens with one attached hydrogen (secondary N) is 2. The molecule has 8 N–H and O–H groups in total. The van der Waals surface area contributed by atoms with Gasteiger partial charge in [-0.15, -0.1) is 0 Å². The molecule has 4 aromatic carbocycles. The van der Waals surface area contributed by atoms with Crippen LogP contribution in [-0.4, -0.2) is 105 Å². The molecule has 0 saturated carbocycles. The molecule has 8 rings (SSSR count). The number of aliphatic hydroxyl groups excluding tert-OH is 4. The Morgan fingerprint density at radius 2 is 1.68 bits per heavy atom. The topological polar surface area (TPSA) is 236 Å². The Labute approximate surface area is 303 Å². The highest BCUT2D eigenvalue weighted by Gasteiger charge is 2.43. The Morgan fingerprint density at radius 1 is 1.00 bits per heavy atom. The third-order valence-electron chi connectivity index (χ3n) is 10.4.